The van der Waals surface area contributed by atoms with Gasteiger partial charge in [0.15, 0.2) is 0 Å². The van der Waals surface area contributed by atoms with E-state index in [0.29, 0.717) is 26.7 Å². The Morgan fingerprint density at radius 2 is 1.88 bits per heavy atom. The van der Waals surface area contributed by atoms with Crippen molar-refractivity contribution in [2.75, 3.05) is 27.4 Å². The smallest absolute Gasteiger partial charge is 0.333 e. The van der Waals surface area contributed by atoms with Gasteiger partial charge in [0.1, 0.15) is 33.0 Å². The van der Waals surface area contributed by atoms with E-state index < -0.39 is 34.6 Å². The molecule has 1 amide bonds. The predicted octanol–water partition coefficient (Wildman–Crippen LogP) is 2.61. The summed E-state index contributed by atoms with van der Waals surface area (Å²) in [6.07, 6.45) is 2.02. The van der Waals surface area contributed by atoms with Crippen LogP contribution < -0.4 is 16.0 Å². The fourth-order valence-corrected chi connectivity index (χ4v) is 6.04. The SMILES string of the molecule is COc1ccc(F)cc1[C@@H](Cn1c(=O)n(C(C)(C)C(=O)N(C)C(C)C)c(=O)c2c(C)c(-n3nccn3)sc21)OCCO. The van der Waals surface area contributed by atoms with Crippen molar-refractivity contribution in [3.05, 3.63) is 68.4 Å². The van der Waals surface area contributed by atoms with Crippen LogP contribution in [0.3, 0.4) is 0 Å². The molecular formula is C28H35FN6O6S. The fraction of sp³-hybridized carbons (Fsp3) is 0.464. The minimum absolute atomic E-state index is 0.114. The van der Waals surface area contributed by atoms with E-state index in [4.69, 9.17) is 9.47 Å². The largest absolute Gasteiger partial charge is 0.496 e. The van der Waals surface area contributed by atoms with Gasteiger partial charge < -0.3 is 19.5 Å². The number of likely N-dealkylation sites (N-methyl/N-ethyl adjacent to an activating group) is 1. The lowest BCUT2D eigenvalue weighted by atomic mass is 10.0. The molecule has 0 radical (unpaired) electrons. The van der Waals surface area contributed by atoms with Crippen molar-refractivity contribution in [3.8, 4) is 10.8 Å². The molecule has 3 aromatic heterocycles. The molecule has 12 nitrogen and oxygen atoms in total. The highest BCUT2D eigenvalue weighted by molar-refractivity contribution is 7.21. The van der Waals surface area contributed by atoms with E-state index in [2.05, 4.69) is 10.2 Å². The molecular weight excluding hydrogens is 567 g/mol. The van der Waals surface area contributed by atoms with Gasteiger partial charge in [-0.3, -0.25) is 14.2 Å². The minimum atomic E-state index is -1.57. The molecule has 0 fully saturated rings. The van der Waals surface area contributed by atoms with Crippen LogP contribution in [0, 0.1) is 12.7 Å². The molecule has 0 saturated carbocycles. The Morgan fingerprint density at radius 1 is 1.21 bits per heavy atom. The molecule has 3 heterocycles. The van der Waals surface area contributed by atoms with Crippen molar-refractivity contribution >= 4 is 27.5 Å². The number of amides is 1. The zero-order valence-corrected chi connectivity index (χ0v) is 25.4. The number of ether oxygens (including phenoxy) is 2. The second-order valence-corrected chi connectivity index (χ2v) is 11.6. The summed E-state index contributed by atoms with van der Waals surface area (Å²) in [6, 6.07) is 3.74. The Balaban J connectivity index is 2.05. The molecule has 0 bridgehead atoms. The summed E-state index contributed by atoms with van der Waals surface area (Å²) in [5.41, 5.74) is -2.13. The number of aliphatic hydroxyl groups excluding tert-OH is 1. The number of methoxy groups -OCH3 is 1. The van der Waals surface area contributed by atoms with Crippen LogP contribution in [0.15, 0.2) is 40.2 Å². The Hall–Kier alpha value is -3.88. The normalized spacial score (nSPS) is 12.7. The first-order chi connectivity index (χ1) is 19.8. The molecule has 0 unspecified atom stereocenters. The van der Waals surface area contributed by atoms with Crippen molar-refractivity contribution in [2.24, 2.45) is 0 Å². The summed E-state index contributed by atoms with van der Waals surface area (Å²) in [5, 5.41) is 18.6. The van der Waals surface area contributed by atoms with Gasteiger partial charge in [-0.1, -0.05) is 11.3 Å². The number of thiophene rings is 1. The number of hydrogen-bond donors (Lipinski definition) is 1. The molecule has 0 aliphatic carbocycles. The first kappa shape index (κ1) is 31.1. The second kappa shape index (κ2) is 12.2. The number of carbonyl (C=O) groups excluding carboxylic acids is 1. The van der Waals surface area contributed by atoms with Gasteiger partial charge in [0.05, 0.1) is 44.6 Å². The molecule has 4 rings (SSSR count). The Bertz CT molecular complexity index is 1710. The molecule has 1 aromatic carbocycles. The van der Waals surface area contributed by atoms with Gasteiger partial charge in [-0.2, -0.15) is 10.2 Å². The van der Waals surface area contributed by atoms with E-state index in [1.165, 1.54) is 65.8 Å². The third-order valence-electron chi connectivity index (χ3n) is 7.26. The number of hydrogen-bond acceptors (Lipinski definition) is 9. The van der Waals surface area contributed by atoms with E-state index in [0.717, 1.165) is 15.9 Å². The van der Waals surface area contributed by atoms with Crippen LogP contribution >= 0.6 is 11.3 Å². The van der Waals surface area contributed by atoms with E-state index in [1.807, 2.05) is 13.8 Å². The summed E-state index contributed by atoms with van der Waals surface area (Å²) in [7, 11) is 3.04. The van der Waals surface area contributed by atoms with Crippen LogP contribution in [0.5, 0.6) is 5.75 Å². The number of aromatic nitrogens is 5. The number of aliphatic hydroxyl groups is 1. The molecule has 0 spiro atoms. The monoisotopic (exact) mass is 602 g/mol. The number of fused-ring (bicyclic) bond motifs is 1. The van der Waals surface area contributed by atoms with Crippen LogP contribution in [0.4, 0.5) is 4.39 Å². The van der Waals surface area contributed by atoms with Crippen molar-refractivity contribution in [1.82, 2.24) is 29.0 Å². The lowest BCUT2D eigenvalue weighted by Gasteiger charge is -2.33. The average Bonchev–Trinajstić information content (AvgIpc) is 3.59. The van der Waals surface area contributed by atoms with Crippen LogP contribution in [0.25, 0.3) is 15.2 Å². The number of aryl methyl sites for hydroxylation is 1. The molecule has 0 aliphatic heterocycles. The van der Waals surface area contributed by atoms with Gasteiger partial charge in [-0.15, -0.1) is 4.80 Å². The van der Waals surface area contributed by atoms with Crippen molar-refractivity contribution in [3.63, 3.8) is 0 Å². The first-order valence-electron chi connectivity index (χ1n) is 13.3. The molecule has 226 valence electrons. The first-order valence-corrected chi connectivity index (χ1v) is 14.2. The summed E-state index contributed by atoms with van der Waals surface area (Å²) in [5.74, 6) is -0.660. The zero-order valence-electron chi connectivity index (χ0n) is 24.6. The maximum Gasteiger partial charge on any atom is 0.333 e. The summed E-state index contributed by atoms with van der Waals surface area (Å²) in [6.45, 7) is 7.82. The minimum Gasteiger partial charge on any atom is -0.496 e. The number of carbonyl (C=O) groups is 1. The van der Waals surface area contributed by atoms with Crippen molar-refractivity contribution < 1.29 is 23.8 Å². The quantitative estimate of drug-likeness (QED) is 0.277. The van der Waals surface area contributed by atoms with E-state index in [1.54, 1.807) is 14.0 Å². The highest BCUT2D eigenvalue weighted by Gasteiger charge is 2.38. The summed E-state index contributed by atoms with van der Waals surface area (Å²) >= 11 is 1.13. The zero-order chi connectivity index (χ0) is 30.9. The Morgan fingerprint density at radius 3 is 2.48 bits per heavy atom. The topological polar surface area (TPSA) is 134 Å². The van der Waals surface area contributed by atoms with Gasteiger partial charge >= 0.3 is 5.69 Å². The maximum absolute atomic E-state index is 14.4. The average molecular weight is 603 g/mol. The highest BCUT2D eigenvalue weighted by atomic mass is 32.1. The summed E-state index contributed by atoms with van der Waals surface area (Å²) in [4.78, 5) is 45.2. The molecule has 1 atom stereocenters. The number of rotatable bonds is 11. The lowest BCUT2D eigenvalue weighted by molar-refractivity contribution is -0.139. The lowest BCUT2D eigenvalue weighted by Crippen LogP contribution is -2.57. The maximum atomic E-state index is 14.4. The second-order valence-electron chi connectivity index (χ2n) is 10.6. The van der Waals surface area contributed by atoms with E-state index in [-0.39, 0.29) is 31.2 Å². The van der Waals surface area contributed by atoms with Gasteiger partial charge in [0, 0.05) is 24.2 Å². The van der Waals surface area contributed by atoms with Crippen LogP contribution in [0.2, 0.25) is 0 Å². The number of nitrogens with zero attached hydrogens (tertiary/aromatic N) is 6. The van der Waals surface area contributed by atoms with Crippen LogP contribution in [-0.2, 0) is 21.6 Å². The molecule has 14 heteroatoms. The predicted molar refractivity (Wildman–Crippen MR) is 156 cm³/mol. The molecule has 4 aromatic rings. The van der Waals surface area contributed by atoms with Crippen molar-refractivity contribution in [2.45, 2.75) is 58.8 Å². The molecule has 0 saturated heterocycles. The fourth-order valence-electron chi connectivity index (χ4n) is 4.82. The third-order valence-corrected chi connectivity index (χ3v) is 8.54. The summed E-state index contributed by atoms with van der Waals surface area (Å²) < 4.78 is 28.1. The van der Waals surface area contributed by atoms with Gasteiger partial charge in [-0.25, -0.2) is 13.8 Å². The highest BCUT2D eigenvalue weighted by Crippen LogP contribution is 2.34. The number of benzene rings is 1. The van der Waals surface area contributed by atoms with Crippen LogP contribution in [-0.4, -0.2) is 73.5 Å². The van der Waals surface area contributed by atoms with E-state index >= 15 is 0 Å². The van der Waals surface area contributed by atoms with Crippen LogP contribution in [0.1, 0.15) is 44.9 Å². The van der Waals surface area contributed by atoms with Gasteiger partial charge in [0.2, 0.25) is 5.91 Å². The third kappa shape index (κ3) is 5.49. The van der Waals surface area contributed by atoms with Gasteiger partial charge in [-0.05, 0) is 52.8 Å². The standard InChI is InChI=1S/C28H35FN6O6S/c1-16(2)32(6)26(38)28(4,5)34-23(37)22-17(3)24(35-30-10-11-31-35)42-25(22)33(27(34)39)15-21(41-13-12-36)19-14-18(29)8-9-20(19)40-7/h8-11,14,16,21,36H,12-13,15H2,1-7H3/t21-/m1/s1. The molecule has 42 heavy (non-hydrogen) atoms. The Kier molecular flexibility index (Phi) is 8.99. The van der Waals surface area contributed by atoms with Gasteiger partial charge in [0.25, 0.3) is 5.56 Å². The molecule has 1 N–H and O–H groups in total. The number of halogens is 1. The van der Waals surface area contributed by atoms with Crippen molar-refractivity contribution in [1.29, 1.82) is 0 Å². The van der Waals surface area contributed by atoms with E-state index in [9.17, 15) is 23.9 Å². The Labute approximate surface area is 245 Å². The molecule has 0 aliphatic rings.